The monoisotopic (exact) mass is 361 g/mol. The number of nitrogens with zero attached hydrogens (tertiary/aromatic N) is 3. The molecule has 0 atom stereocenters. The van der Waals surface area contributed by atoms with Gasteiger partial charge in [-0.25, -0.2) is 0 Å². The molecule has 0 saturated carbocycles. The molecule has 134 valence electrons. The normalized spacial score (nSPS) is 11.8. The van der Waals surface area contributed by atoms with E-state index in [-0.39, 0.29) is 4.90 Å². The Hall–Kier alpha value is -2.25. The van der Waals surface area contributed by atoms with Crippen LogP contribution in [-0.4, -0.2) is 26.1 Å². The second-order valence-electron chi connectivity index (χ2n) is 5.67. The van der Waals surface area contributed by atoms with Crippen molar-refractivity contribution in [2.75, 3.05) is 18.0 Å². The number of azo groups is 1. The second-order valence-corrected chi connectivity index (χ2v) is 7.09. The summed E-state index contributed by atoms with van der Waals surface area (Å²) in [6.07, 6.45) is 2.20. The van der Waals surface area contributed by atoms with E-state index in [0.717, 1.165) is 31.6 Å². The summed E-state index contributed by atoms with van der Waals surface area (Å²) in [6.45, 7) is 6.38. The molecule has 0 fully saturated rings. The Morgan fingerprint density at radius 1 is 0.840 bits per heavy atom. The van der Waals surface area contributed by atoms with Crippen LogP contribution in [0.3, 0.4) is 0 Å². The van der Waals surface area contributed by atoms with Gasteiger partial charge in [0.2, 0.25) is 0 Å². The molecule has 0 spiro atoms. The summed E-state index contributed by atoms with van der Waals surface area (Å²) in [5, 5.41) is 8.24. The lowest BCUT2D eigenvalue weighted by molar-refractivity contribution is 0.483. The van der Waals surface area contributed by atoms with Crippen molar-refractivity contribution < 1.29 is 13.0 Å². The van der Waals surface area contributed by atoms with Gasteiger partial charge in [0, 0.05) is 18.8 Å². The minimum Gasteiger partial charge on any atom is -0.372 e. The van der Waals surface area contributed by atoms with Crippen LogP contribution >= 0.6 is 0 Å². The van der Waals surface area contributed by atoms with Gasteiger partial charge in [-0.15, -0.1) is 0 Å². The molecule has 2 aromatic rings. The zero-order valence-corrected chi connectivity index (χ0v) is 15.3. The van der Waals surface area contributed by atoms with Crippen molar-refractivity contribution >= 4 is 27.2 Å². The van der Waals surface area contributed by atoms with Crippen molar-refractivity contribution in [1.82, 2.24) is 0 Å². The minimum absolute atomic E-state index is 0.164. The maximum atomic E-state index is 11.0. The average Bonchev–Trinajstić information content (AvgIpc) is 2.60. The lowest BCUT2D eigenvalue weighted by atomic mass is 10.2. The molecular weight excluding hydrogens is 338 g/mol. The molecule has 0 aliphatic heterocycles. The molecule has 0 saturated heterocycles. The maximum Gasteiger partial charge on any atom is 0.294 e. The first-order valence-electron chi connectivity index (χ1n) is 8.28. The predicted octanol–water partition coefficient (Wildman–Crippen LogP) is 4.98. The zero-order chi connectivity index (χ0) is 18.3. The van der Waals surface area contributed by atoms with E-state index in [4.69, 9.17) is 4.55 Å². The Morgan fingerprint density at radius 3 is 1.68 bits per heavy atom. The van der Waals surface area contributed by atoms with Gasteiger partial charge in [0.15, 0.2) is 0 Å². The van der Waals surface area contributed by atoms with Crippen molar-refractivity contribution in [2.24, 2.45) is 10.2 Å². The highest BCUT2D eigenvalue weighted by Crippen LogP contribution is 2.23. The number of hydrogen-bond donors (Lipinski definition) is 1. The number of benzene rings is 2. The summed E-state index contributed by atoms with van der Waals surface area (Å²) < 4.78 is 31.0. The summed E-state index contributed by atoms with van der Waals surface area (Å²) in [5.41, 5.74) is 2.39. The Morgan fingerprint density at radius 2 is 1.28 bits per heavy atom. The smallest absolute Gasteiger partial charge is 0.294 e. The summed E-state index contributed by atoms with van der Waals surface area (Å²) >= 11 is 0. The first-order valence-corrected chi connectivity index (χ1v) is 9.72. The van der Waals surface area contributed by atoms with Gasteiger partial charge < -0.3 is 4.90 Å². The average molecular weight is 361 g/mol. The SMILES string of the molecule is CCCN(CCC)c1ccc(N=Nc2ccc(S(=O)(=O)O)cc2)cc1. The molecule has 0 aliphatic rings. The van der Waals surface area contributed by atoms with Gasteiger partial charge in [-0.2, -0.15) is 18.6 Å². The number of rotatable bonds is 8. The number of anilines is 1. The topological polar surface area (TPSA) is 82.3 Å². The summed E-state index contributed by atoms with van der Waals surface area (Å²) in [6, 6.07) is 13.4. The van der Waals surface area contributed by atoms with Crippen molar-refractivity contribution in [3.8, 4) is 0 Å². The maximum absolute atomic E-state index is 11.0. The summed E-state index contributed by atoms with van der Waals surface area (Å²) in [7, 11) is -4.19. The third-order valence-corrected chi connectivity index (χ3v) is 4.49. The van der Waals surface area contributed by atoms with Crippen LogP contribution in [0.4, 0.5) is 17.1 Å². The molecular formula is C18H23N3O3S. The van der Waals surface area contributed by atoms with Crippen molar-refractivity contribution in [3.05, 3.63) is 48.5 Å². The van der Waals surface area contributed by atoms with Crippen LogP contribution in [0.2, 0.25) is 0 Å². The Kier molecular flexibility index (Phi) is 6.66. The van der Waals surface area contributed by atoms with Crippen LogP contribution in [0.15, 0.2) is 63.7 Å². The van der Waals surface area contributed by atoms with Gasteiger partial charge >= 0.3 is 0 Å². The molecule has 6 nitrogen and oxygen atoms in total. The van der Waals surface area contributed by atoms with Gasteiger partial charge in [0.05, 0.1) is 16.3 Å². The fourth-order valence-corrected chi connectivity index (χ4v) is 2.92. The fourth-order valence-electron chi connectivity index (χ4n) is 2.44. The summed E-state index contributed by atoms with van der Waals surface area (Å²) in [5.74, 6) is 0. The molecule has 2 rings (SSSR count). The van der Waals surface area contributed by atoms with Crippen LogP contribution in [0.1, 0.15) is 26.7 Å². The van der Waals surface area contributed by atoms with Gasteiger partial charge in [-0.1, -0.05) is 13.8 Å². The second kappa shape index (κ2) is 8.73. The quantitative estimate of drug-likeness (QED) is 0.531. The first kappa shape index (κ1) is 19.1. The van der Waals surface area contributed by atoms with E-state index in [2.05, 4.69) is 29.0 Å². The van der Waals surface area contributed by atoms with Gasteiger partial charge in [0.25, 0.3) is 10.1 Å². The lowest BCUT2D eigenvalue weighted by Crippen LogP contribution is -2.24. The molecule has 0 bridgehead atoms. The molecule has 2 aromatic carbocycles. The molecule has 0 aromatic heterocycles. The molecule has 0 amide bonds. The standard InChI is InChI=1S/C18H23N3O3S/c1-3-13-21(14-4-2)17-9-5-15(6-10-17)19-20-16-7-11-18(12-8-16)25(22,23)24/h5-12H,3-4,13-14H2,1-2H3,(H,22,23,24). The van der Waals surface area contributed by atoms with Gasteiger partial charge in [-0.05, 0) is 61.4 Å². The highest BCUT2D eigenvalue weighted by atomic mass is 32.2. The van der Waals surface area contributed by atoms with E-state index in [1.807, 2.05) is 24.3 Å². The van der Waals surface area contributed by atoms with Crippen LogP contribution < -0.4 is 4.90 Å². The molecule has 0 aliphatic carbocycles. The van der Waals surface area contributed by atoms with E-state index >= 15 is 0 Å². The van der Waals surface area contributed by atoms with Crippen molar-refractivity contribution in [1.29, 1.82) is 0 Å². The van der Waals surface area contributed by atoms with Crippen LogP contribution in [0.25, 0.3) is 0 Å². The Balaban J connectivity index is 2.08. The zero-order valence-electron chi connectivity index (χ0n) is 14.5. The van der Waals surface area contributed by atoms with Crippen molar-refractivity contribution in [3.63, 3.8) is 0 Å². The minimum atomic E-state index is -4.19. The molecule has 0 unspecified atom stereocenters. The fraction of sp³-hybridized carbons (Fsp3) is 0.333. The predicted molar refractivity (Wildman–Crippen MR) is 99.7 cm³/mol. The van der Waals surface area contributed by atoms with Crippen LogP contribution in [-0.2, 0) is 10.1 Å². The van der Waals surface area contributed by atoms with Crippen LogP contribution in [0.5, 0.6) is 0 Å². The molecule has 0 heterocycles. The van der Waals surface area contributed by atoms with E-state index < -0.39 is 10.1 Å². The van der Waals surface area contributed by atoms with Crippen molar-refractivity contribution in [2.45, 2.75) is 31.6 Å². The van der Waals surface area contributed by atoms with E-state index in [9.17, 15) is 8.42 Å². The highest BCUT2D eigenvalue weighted by Gasteiger charge is 2.08. The highest BCUT2D eigenvalue weighted by molar-refractivity contribution is 7.85. The lowest BCUT2D eigenvalue weighted by Gasteiger charge is -2.23. The van der Waals surface area contributed by atoms with E-state index in [1.165, 1.54) is 30.0 Å². The molecule has 7 heteroatoms. The largest absolute Gasteiger partial charge is 0.372 e. The summed E-state index contributed by atoms with van der Waals surface area (Å²) in [4.78, 5) is 2.18. The number of hydrogen-bond acceptors (Lipinski definition) is 5. The Bertz CT molecular complexity index is 794. The third kappa shape index (κ3) is 5.65. The van der Waals surface area contributed by atoms with E-state index in [1.54, 1.807) is 0 Å². The van der Waals surface area contributed by atoms with Gasteiger partial charge in [-0.3, -0.25) is 4.55 Å². The molecule has 0 radical (unpaired) electrons. The van der Waals surface area contributed by atoms with Gasteiger partial charge in [0.1, 0.15) is 0 Å². The first-order chi connectivity index (χ1) is 11.9. The Labute approximate surface area is 149 Å². The third-order valence-electron chi connectivity index (χ3n) is 3.62. The van der Waals surface area contributed by atoms with Crippen LogP contribution in [0, 0.1) is 0 Å². The van der Waals surface area contributed by atoms with E-state index in [0.29, 0.717) is 5.69 Å². The molecule has 25 heavy (non-hydrogen) atoms. The molecule has 1 N–H and O–H groups in total.